The molecule has 6 nitrogen and oxygen atoms in total. The molecule has 1 amide bonds. The van der Waals surface area contributed by atoms with Gasteiger partial charge in [0.2, 0.25) is 15.9 Å². The Hall–Kier alpha value is -2.29. The van der Waals surface area contributed by atoms with Crippen LogP contribution in [0.5, 0.6) is 0 Å². The highest BCUT2D eigenvalue weighted by Crippen LogP contribution is 2.14. The van der Waals surface area contributed by atoms with Crippen molar-refractivity contribution in [3.8, 4) is 0 Å². The maximum absolute atomic E-state index is 13.0. The highest BCUT2D eigenvalue weighted by molar-refractivity contribution is 7.89. The number of rotatable bonds is 7. The second kappa shape index (κ2) is 9.47. The lowest BCUT2D eigenvalue weighted by Gasteiger charge is -2.33. The number of carbonyl (C=O) groups excluding carboxylic acids is 1. The van der Waals surface area contributed by atoms with E-state index >= 15 is 0 Å². The fourth-order valence-electron chi connectivity index (χ4n) is 3.37. The highest BCUT2D eigenvalue weighted by atomic mass is 32.2. The summed E-state index contributed by atoms with van der Waals surface area (Å²) in [5.74, 6) is -0.884. The molecular weight excluding hydrogens is 393 g/mol. The molecule has 2 aromatic rings. The predicted molar refractivity (Wildman–Crippen MR) is 109 cm³/mol. The molecule has 1 unspecified atom stereocenters. The second-order valence-electron chi connectivity index (χ2n) is 7.34. The molecule has 0 aromatic heterocycles. The van der Waals surface area contributed by atoms with Gasteiger partial charge in [0.1, 0.15) is 5.82 Å². The maximum atomic E-state index is 13.0. The molecule has 2 N–H and O–H groups in total. The van der Waals surface area contributed by atoms with Gasteiger partial charge in [-0.05, 0) is 49.6 Å². The van der Waals surface area contributed by atoms with Gasteiger partial charge in [-0.1, -0.05) is 30.3 Å². The predicted octanol–water partition coefficient (Wildman–Crippen LogP) is 2.27. The number of piperidine rings is 1. The first-order valence-corrected chi connectivity index (χ1v) is 11.2. The Kier molecular flexibility index (Phi) is 7.00. The monoisotopic (exact) mass is 419 g/mol. The Morgan fingerprint density at radius 2 is 1.72 bits per heavy atom. The molecule has 8 heteroatoms. The van der Waals surface area contributed by atoms with Crippen molar-refractivity contribution in [2.45, 2.75) is 43.3 Å². The Labute approximate surface area is 171 Å². The molecule has 1 aliphatic heterocycles. The second-order valence-corrected chi connectivity index (χ2v) is 9.06. The first-order chi connectivity index (χ1) is 13.8. The van der Waals surface area contributed by atoms with Crippen LogP contribution in [0.4, 0.5) is 4.39 Å². The summed E-state index contributed by atoms with van der Waals surface area (Å²) in [6.45, 7) is 4.13. The molecule has 1 fully saturated rings. The highest BCUT2D eigenvalue weighted by Gasteiger charge is 2.26. The van der Waals surface area contributed by atoms with E-state index in [0.29, 0.717) is 0 Å². The van der Waals surface area contributed by atoms with Crippen LogP contribution in [-0.2, 0) is 21.4 Å². The van der Waals surface area contributed by atoms with Crippen molar-refractivity contribution in [2.24, 2.45) is 0 Å². The standard InChI is InChI=1S/C21H26FN3O3S/c1-16(24-29(27,28)20-9-7-18(22)8-10-20)21(26)23-19-11-13-25(14-12-19)15-17-5-3-2-4-6-17/h2-10,16,19,24H,11-15H2,1H3,(H,23,26). The summed E-state index contributed by atoms with van der Waals surface area (Å²) in [6.07, 6.45) is 1.63. The van der Waals surface area contributed by atoms with Crippen LogP contribution in [-0.4, -0.2) is 44.4 Å². The number of halogens is 1. The van der Waals surface area contributed by atoms with Crippen molar-refractivity contribution in [3.63, 3.8) is 0 Å². The number of hydrogen-bond acceptors (Lipinski definition) is 4. The van der Waals surface area contributed by atoms with Gasteiger partial charge in [0.25, 0.3) is 0 Å². The quantitative estimate of drug-likeness (QED) is 0.722. The van der Waals surface area contributed by atoms with E-state index in [1.807, 2.05) is 18.2 Å². The van der Waals surface area contributed by atoms with E-state index in [2.05, 4.69) is 27.1 Å². The van der Waals surface area contributed by atoms with E-state index < -0.39 is 21.9 Å². The van der Waals surface area contributed by atoms with Crippen LogP contribution in [0.15, 0.2) is 59.5 Å². The molecule has 0 radical (unpaired) electrons. The van der Waals surface area contributed by atoms with Gasteiger partial charge in [0, 0.05) is 25.7 Å². The molecule has 2 aromatic carbocycles. The summed E-state index contributed by atoms with van der Waals surface area (Å²) >= 11 is 0. The average Bonchev–Trinajstić information content (AvgIpc) is 2.70. The molecule has 0 spiro atoms. The molecule has 0 saturated carbocycles. The number of amides is 1. The van der Waals surface area contributed by atoms with Crippen molar-refractivity contribution < 1.29 is 17.6 Å². The van der Waals surface area contributed by atoms with Gasteiger partial charge in [-0.15, -0.1) is 0 Å². The third-order valence-electron chi connectivity index (χ3n) is 5.03. The van der Waals surface area contributed by atoms with Crippen LogP contribution in [0.1, 0.15) is 25.3 Å². The number of likely N-dealkylation sites (tertiary alicyclic amines) is 1. The Morgan fingerprint density at radius 1 is 1.10 bits per heavy atom. The molecule has 156 valence electrons. The lowest BCUT2D eigenvalue weighted by molar-refractivity contribution is -0.123. The molecule has 29 heavy (non-hydrogen) atoms. The van der Waals surface area contributed by atoms with Crippen LogP contribution < -0.4 is 10.0 Å². The zero-order chi connectivity index (χ0) is 20.9. The fourth-order valence-corrected chi connectivity index (χ4v) is 4.57. The molecule has 0 bridgehead atoms. The van der Waals surface area contributed by atoms with Gasteiger partial charge >= 0.3 is 0 Å². The van der Waals surface area contributed by atoms with Crippen molar-refractivity contribution in [2.75, 3.05) is 13.1 Å². The number of nitrogens with zero attached hydrogens (tertiary/aromatic N) is 1. The zero-order valence-corrected chi connectivity index (χ0v) is 17.2. The first-order valence-electron chi connectivity index (χ1n) is 9.68. The van der Waals surface area contributed by atoms with Crippen LogP contribution >= 0.6 is 0 Å². The van der Waals surface area contributed by atoms with Crippen molar-refractivity contribution >= 4 is 15.9 Å². The lowest BCUT2D eigenvalue weighted by atomic mass is 10.0. The topological polar surface area (TPSA) is 78.5 Å². The third kappa shape index (κ3) is 6.09. The van der Waals surface area contributed by atoms with Crippen molar-refractivity contribution in [3.05, 3.63) is 66.0 Å². The zero-order valence-electron chi connectivity index (χ0n) is 16.3. The van der Waals surface area contributed by atoms with Gasteiger partial charge in [-0.2, -0.15) is 4.72 Å². The summed E-state index contributed by atoms with van der Waals surface area (Å²) in [7, 11) is -3.89. The van der Waals surface area contributed by atoms with E-state index in [9.17, 15) is 17.6 Å². The number of benzene rings is 2. The Balaban J connectivity index is 1.47. The fraction of sp³-hybridized carbons (Fsp3) is 0.381. The number of hydrogen-bond donors (Lipinski definition) is 2. The summed E-state index contributed by atoms with van der Waals surface area (Å²) in [6, 6.07) is 13.8. The molecule has 0 aliphatic carbocycles. The summed E-state index contributed by atoms with van der Waals surface area (Å²) in [5.41, 5.74) is 1.26. The molecule has 3 rings (SSSR count). The van der Waals surface area contributed by atoms with Gasteiger partial charge in [0.05, 0.1) is 10.9 Å². The number of sulfonamides is 1. The minimum atomic E-state index is -3.89. The van der Waals surface area contributed by atoms with Gasteiger partial charge in [0.15, 0.2) is 0 Å². The summed E-state index contributed by atoms with van der Waals surface area (Å²) in [4.78, 5) is 14.7. The van der Waals surface area contributed by atoms with Gasteiger partial charge < -0.3 is 5.32 Å². The van der Waals surface area contributed by atoms with Crippen LogP contribution in [0, 0.1) is 5.82 Å². The lowest BCUT2D eigenvalue weighted by Crippen LogP contribution is -2.50. The Bertz CT molecular complexity index is 912. The molecule has 1 atom stereocenters. The minimum absolute atomic E-state index is 0.0206. The maximum Gasteiger partial charge on any atom is 0.241 e. The first kappa shape index (κ1) is 21.4. The summed E-state index contributed by atoms with van der Waals surface area (Å²) in [5, 5.41) is 2.93. The van der Waals surface area contributed by atoms with E-state index in [0.717, 1.165) is 44.6 Å². The molecule has 1 aliphatic rings. The average molecular weight is 420 g/mol. The van der Waals surface area contributed by atoms with Gasteiger partial charge in [-0.25, -0.2) is 12.8 Å². The Morgan fingerprint density at radius 3 is 2.34 bits per heavy atom. The van der Waals surface area contributed by atoms with Crippen LogP contribution in [0.25, 0.3) is 0 Å². The van der Waals surface area contributed by atoms with E-state index in [1.165, 1.54) is 24.6 Å². The summed E-state index contributed by atoms with van der Waals surface area (Å²) < 4.78 is 40.0. The van der Waals surface area contributed by atoms with E-state index in [-0.39, 0.29) is 16.8 Å². The minimum Gasteiger partial charge on any atom is -0.352 e. The van der Waals surface area contributed by atoms with Crippen molar-refractivity contribution in [1.82, 2.24) is 14.9 Å². The molecule has 1 heterocycles. The number of nitrogens with one attached hydrogen (secondary N) is 2. The molecule has 1 saturated heterocycles. The SMILES string of the molecule is CC(NS(=O)(=O)c1ccc(F)cc1)C(=O)NC1CCN(Cc2ccccc2)CC1. The van der Waals surface area contributed by atoms with E-state index in [1.54, 1.807) is 0 Å². The van der Waals surface area contributed by atoms with E-state index in [4.69, 9.17) is 0 Å². The third-order valence-corrected chi connectivity index (χ3v) is 6.59. The van der Waals surface area contributed by atoms with Gasteiger partial charge in [-0.3, -0.25) is 9.69 Å². The smallest absolute Gasteiger partial charge is 0.241 e. The number of carbonyl (C=O) groups is 1. The molecular formula is C21H26FN3O3S. The largest absolute Gasteiger partial charge is 0.352 e. The normalized spacial score (nSPS) is 17.0. The van der Waals surface area contributed by atoms with Crippen LogP contribution in [0.2, 0.25) is 0 Å². The van der Waals surface area contributed by atoms with Crippen LogP contribution in [0.3, 0.4) is 0 Å². The van der Waals surface area contributed by atoms with Crippen molar-refractivity contribution in [1.29, 1.82) is 0 Å².